The molecule has 0 aromatic heterocycles. The number of benzene rings is 1. The van der Waals surface area contributed by atoms with Gasteiger partial charge >= 0.3 is 0 Å². The predicted molar refractivity (Wildman–Crippen MR) is 80.5 cm³/mol. The molecule has 1 amide bonds. The number of hydrogen-bond donors (Lipinski definition) is 1. The van der Waals surface area contributed by atoms with Crippen molar-refractivity contribution >= 4 is 17.5 Å². The van der Waals surface area contributed by atoms with Crippen molar-refractivity contribution in [2.45, 2.75) is 37.3 Å². The van der Waals surface area contributed by atoms with Crippen molar-refractivity contribution < 1.29 is 14.3 Å². The number of amides is 1. The largest absolute Gasteiger partial charge is 0.376 e. The summed E-state index contributed by atoms with van der Waals surface area (Å²) < 4.78 is 10.9. The highest BCUT2D eigenvalue weighted by Gasteiger charge is 2.39. The first-order valence-electron chi connectivity index (χ1n) is 7.46. The van der Waals surface area contributed by atoms with Crippen LogP contribution in [0.3, 0.4) is 0 Å². The van der Waals surface area contributed by atoms with Gasteiger partial charge in [0, 0.05) is 23.6 Å². The van der Waals surface area contributed by atoms with E-state index in [2.05, 4.69) is 5.32 Å². The molecule has 0 radical (unpaired) electrons. The van der Waals surface area contributed by atoms with Gasteiger partial charge in [-0.3, -0.25) is 4.79 Å². The molecule has 1 aromatic rings. The molecule has 114 valence electrons. The first-order chi connectivity index (χ1) is 10.2. The van der Waals surface area contributed by atoms with Crippen LogP contribution >= 0.6 is 11.6 Å². The zero-order valence-electron chi connectivity index (χ0n) is 11.9. The highest BCUT2D eigenvalue weighted by Crippen LogP contribution is 2.40. The number of rotatable bonds is 6. The van der Waals surface area contributed by atoms with Gasteiger partial charge in [0.05, 0.1) is 12.7 Å². The number of ether oxygens (including phenoxy) is 2. The maximum atomic E-state index is 11.8. The van der Waals surface area contributed by atoms with Crippen LogP contribution in [0.4, 0.5) is 0 Å². The lowest BCUT2D eigenvalue weighted by atomic mass is 10.1. The molecule has 0 unspecified atom stereocenters. The van der Waals surface area contributed by atoms with E-state index in [0.29, 0.717) is 12.5 Å². The molecule has 1 N–H and O–H groups in total. The molecule has 1 saturated heterocycles. The van der Waals surface area contributed by atoms with Crippen LogP contribution in [-0.4, -0.2) is 37.9 Å². The summed E-state index contributed by atoms with van der Waals surface area (Å²) in [5, 5.41) is 3.74. The average molecular weight is 310 g/mol. The summed E-state index contributed by atoms with van der Waals surface area (Å²) in [6.07, 6.45) is 3.27. The Bertz CT molecular complexity index is 485. The minimum absolute atomic E-state index is 0.0468. The highest BCUT2D eigenvalue weighted by molar-refractivity contribution is 6.30. The fourth-order valence-corrected chi connectivity index (χ4v) is 2.87. The molecule has 1 heterocycles. The number of carbonyl (C=O) groups excluding carboxylic acids is 1. The smallest absolute Gasteiger partial charge is 0.246 e. The summed E-state index contributed by atoms with van der Waals surface area (Å²) in [7, 11) is 0. The molecule has 21 heavy (non-hydrogen) atoms. The van der Waals surface area contributed by atoms with Crippen LogP contribution in [0, 0.1) is 0 Å². The van der Waals surface area contributed by atoms with Gasteiger partial charge in [0.2, 0.25) is 5.91 Å². The Kier molecular flexibility index (Phi) is 4.78. The number of carbonyl (C=O) groups is 1. The topological polar surface area (TPSA) is 47.6 Å². The first-order valence-corrected chi connectivity index (χ1v) is 7.84. The van der Waals surface area contributed by atoms with E-state index in [1.165, 1.54) is 5.56 Å². The molecular weight excluding hydrogens is 290 g/mol. The molecule has 1 aromatic carbocycles. The Morgan fingerprint density at radius 1 is 1.38 bits per heavy atom. The number of halogens is 1. The molecule has 4 nitrogen and oxygen atoms in total. The minimum Gasteiger partial charge on any atom is -0.376 e. The Hall–Kier alpha value is -1.10. The van der Waals surface area contributed by atoms with Gasteiger partial charge in [-0.05, 0) is 37.0 Å². The van der Waals surface area contributed by atoms with Crippen LogP contribution < -0.4 is 5.32 Å². The summed E-state index contributed by atoms with van der Waals surface area (Å²) in [5.74, 6) is 0.360. The van der Waals surface area contributed by atoms with Crippen LogP contribution in [0.2, 0.25) is 5.02 Å². The summed E-state index contributed by atoms with van der Waals surface area (Å²) in [6.45, 7) is 1.44. The van der Waals surface area contributed by atoms with Gasteiger partial charge in [-0.15, -0.1) is 0 Å². The molecule has 5 heteroatoms. The van der Waals surface area contributed by atoms with Crippen molar-refractivity contribution in [3.63, 3.8) is 0 Å². The Morgan fingerprint density at radius 3 is 2.90 bits per heavy atom. The van der Waals surface area contributed by atoms with Gasteiger partial charge in [-0.2, -0.15) is 0 Å². The molecule has 1 aliphatic heterocycles. The summed E-state index contributed by atoms with van der Waals surface area (Å²) in [6, 6.07) is 8.04. The molecule has 1 aliphatic carbocycles. The van der Waals surface area contributed by atoms with Crippen molar-refractivity contribution in [3.8, 4) is 0 Å². The monoisotopic (exact) mass is 309 g/mol. The molecule has 2 aliphatic rings. The molecular formula is C16H20ClNO3. The van der Waals surface area contributed by atoms with Gasteiger partial charge in [0.15, 0.2) is 0 Å². The van der Waals surface area contributed by atoms with Crippen molar-refractivity contribution in [1.29, 1.82) is 0 Å². The SMILES string of the molecule is O=C(COC[C@@H]1CCCO1)N[C@H]1C[C@H]1c1ccc(Cl)cc1. The predicted octanol–water partition coefficient (Wildman–Crippen LogP) is 2.51. The Labute approximate surface area is 129 Å². The summed E-state index contributed by atoms with van der Waals surface area (Å²) >= 11 is 5.87. The van der Waals surface area contributed by atoms with Crippen LogP contribution in [0.15, 0.2) is 24.3 Å². The van der Waals surface area contributed by atoms with E-state index in [1.54, 1.807) is 0 Å². The second-order valence-corrected chi connectivity index (χ2v) is 6.15. The van der Waals surface area contributed by atoms with Crippen LogP contribution in [0.1, 0.15) is 30.7 Å². The average Bonchev–Trinajstić information content (AvgIpc) is 3.02. The molecule has 0 bridgehead atoms. The Balaban J connectivity index is 1.35. The van der Waals surface area contributed by atoms with E-state index >= 15 is 0 Å². The standard InChI is InChI=1S/C16H20ClNO3/c17-12-5-3-11(4-6-12)14-8-15(14)18-16(19)10-20-9-13-2-1-7-21-13/h3-6,13-15H,1-2,7-10H2,(H,18,19)/t13-,14-,15-/m0/s1. The van der Waals surface area contributed by atoms with E-state index in [9.17, 15) is 4.79 Å². The fourth-order valence-electron chi connectivity index (χ4n) is 2.74. The first kappa shape index (κ1) is 14.8. The molecule has 3 rings (SSSR count). The normalized spacial score (nSPS) is 27.6. The van der Waals surface area contributed by atoms with E-state index in [4.69, 9.17) is 21.1 Å². The molecule has 0 spiro atoms. The third-order valence-electron chi connectivity index (χ3n) is 4.00. The summed E-state index contributed by atoms with van der Waals surface area (Å²) in [5.41, 5.74) is 1.23. The molecule has 2 fully saturated rings. The van der Waals surface area contributed by atoms with Gasteiger partial charge < -0.3 is 14.8 Å². The lowest BCUT2D eigenvalue weighted by molar-refractivity contribution is -0.127. The summed E-state index contributed by atoms with van der Waals surface area (Å²) in [4.78, 5) is 11.8. The van der Waals surface area contributed by atoms with Crippen molar-refractivity contribution in [1.82, 2.24) is 5.32 Å². The van der Waals surface area contributed by atoms with Crippen molar-refractivity contribution in [3.05, 3.63) is 34.9 Å². The van der Waals surface area contributed by atoms with Gasteiger partial charge in [-0.1, -0.05) is 23.7 Å². The van der Waals surface area contributed by atoms with Crippen LogP contribution in [-0.2, 0) is 14.3 Å². The van der Waals surface area contributed by atoms with E-state index < -0.39 is 0 Å². The third kappa shape index (κ3) is 4.19. The fraction of sp³-hybridized carbons (Fsp3) is 0.562. The van der Waals surface area contributed by atoms with Gasteiger partial charge in [0.1, 0.15) is 6.61 Å². The lowest BCUT2D eigenvalue weighted by Crippen LogP contribution is -2.31. The van der Waals surface area contributed by atoms with Crippen LogP contribution in [0.25, 0.3) is 0 Å². The third-order valence-corrected chi connectivity index (χ3v) is 4.25. The number of hydrogen-bond acceptors (Lipinski definition) is 3. The highest BCUT2D eigenvalue weighted by atomic mass is 35.5. The zero-order chi connectivity index (χ0) is 14.7. The maximum Gasteiger partial charge on any atom is 0.246 e. The molecule has 3 atom stereocenters. The van der Waals surface area contributed by atoms with Crippen LogP contribution in [0.5, 0.6) is 0 Å². The van der Waals surface area contributed by atoms with Gasteiger partial charge in [0.25, 0.3) is 0 Å². The van der Waals surface area contributed by atoms with Crippen molar-refractivity contribution in [2.24, 2.45) is 0 Å². The van der Waals surface area contributed by atoms with Gasteiger partial charge in [-0.25, -0.2) is 0 Å². The second kappa shape index (κ2) is 6.77. The lowest BCUT2D eigenvalue weighted by Gasteiger charge is -2.10. The maximum absolute atomic E-state index is 11.8. The quantitative estimate of drug-likeness (QED) is 0.878. The zero-order valence-corrected chi connectivity index (χ0v) is 12.6. The van der Waals surface area contributed by atoms with E-state index in [1.807, 2.05) is 24.3 Å². The second-order valence-electron chi connectivity index (χ2n) is 5.72. The van der Waals surface area contributed by atoms with Crippen molar-refractivity contribution in [2.75, 3.05) is 19.8 Å². The minimum atomic E-state index is -0.0468. The Morgan fingerprint density at radius 2 is 2.19 bits per heavy atom. The van der Waals surface area contributed by atoms with E-state index in [-0.39, 0.29) is 24.7 Å². The number of nitrogens with one attached hydrogen (secondary N) is 1. The molecule has 1 saturated carbocycles. The van der Waals surface area contributed by atoms with E-state index in [0.717, 1.165) is 30.9 Å².